The van der Waals surface area contributed by atoms with Gasteiger partial charge in [-0.3, -0.25) is 4.21 Å². The summed E-state index contributed by atoms with van der Waals surface area (Å²) < 4.78 is 24.9. The summed E-state index contributed by atoms with van der Waals surface area (Å²) in [4.78, 5) is 11.9. The summed E-state index contributed by atoms with van der Waals surface area (Å²) in [6.45, 7) is 0.0527. The fourth-order valence-electron chi connectivity index (χ4n) is 2.16. The Morgan fingerprint density at radius 2 is 2.24 bits per heavy atom. The summed E-state index contributed by atoms with van der Waals surface area (Å²) >= 11 is 0. The second kappa shape index (κ2) is 6.82. The summed E-state index contributed by atoms with van der Waals surface area (Å²) in [5.74, 6) is -0.554. The molecule has 21 heavy (non-hydrogen) atoms. The van der Waals surface area contributed by atoms with Crippen molar-refractivity contribution in [3.63, 3.8) is 0 Å². The molecular formula is C14H17FN2O3S. The standard InChI is InChI=1S/C14H17FN2O3S/c1-21(20)13-5-4-11(7-12(13)15)17-14(19)16-10-3-2-9(6-10)8-18/h2-5,7,9-10,18H,6,8H2,1H3,(H2,16,17,19)/t9-,10+,21?/m0/s1. The first-order valence-corrected chi connectivity index (χ1v) is 8.05. The molecule has 0 bridgehead atoms. The molecular weight excluding hydrogens is 295 g/mol. The molecule has 1 aliphatic carbocycles. The van der Waals surface area contributed by atoms with Gasteiger partial charge in [-0.25, -0.2) is 9.18 Å². The van der Waals surface area contributed by atoms with E-state index in [1.54, 1.807) is 0 Å². The van der Waals surface area contributed by atoms with Crippen LogP contribution in [0.1, 0.15) is 6.42 Å². The molecule has 0 saturated heterocycles. The maximum Gasteiger partial charge on any atom is 0.319 e. The molecule has 1 aliphatic rings. The smallest absolute Gasteiger partial charge is 0.319 e. The van der Waals surface area contributed by atoms with Crippen molar-refractivity contribution < 1.29 is 18.5 Å². The first-order chi connectivity index (χ1) is 9.99. The third-order valence-corrected chi connectivity index (χ3v) is 4.17. The Morgan fingerprint density at radius 1 is 1.48 bits per heavy atom. The summed E-state index contributed by atoms with van der Waals surface area (Å²) in [6, 6.07) is 3.43. The lowest BCUT2D eigenvalue weighted by molar-refractivity contribution is 0.238. The molecule has 1 aromatic carbocycles. The SMILES string of the molecule is CS(=O)c1ccc(NC(=O)N[C@@H]2C=C[C@H](CO)C2)cc1F. The van der Waals surface area contributed by atoms with Crippen LogP contribution in [0.15, 0.2) is 35.2 Å². The van der Waals surface area contributed by atoms with Gasteiger partial charge in [0, 0.05) is 30.5 Å². The lowest BCUT2D eigenvalue weighted by Crippen LogP contribution is -2.36. The van der Waals surface area contributed by atoms with Crippen LogP contribution in [0.2, 0.25) is 0 Å². The van der Waals surface area contributed by atoms with E-state index in [4.69, 9.17) is 5.11 Å². The second-order valence-electron chi connectivity index (χ2n) is 4.87. The van der Waals surface area contributed by atoms with E-state index in [9.17, 15) is 13.4 Å². The first kappa shape index (κ1) is 15.7. The van der Waals surface area contributed by atoms with Gasteiger partial charge in [-0.15, -0.1) is 0 Å². The fourth-order valence-corrected chi connectivity index (χ4v) is 2.76. The van der Waals surface area contributed by atoms with Crippen molar-refractivity contribution in [1.29, 1.82) is 0 Å². The highest BCUT2D eigenvalue weighted by Crippen LogP contribution is 2.19. The molecule has 3 N–H and O–H groups in total. The quantitative estimate of drug-likeness (QED) is 0.739. The molecule has 0 radical (unpaired) electrons. The van der Waals surface area contributed by atoms with Gasteiger partial charge in [-0.05, 0) is 24.6 Å². The number of anilines is 1. The summed E-state index contributed by atoms with van der Waals surface area (Å²) in [6.07, 6.45) is 5.72. The number of amides is 2. The Labute approximate surface area is 124 Å². The van der Waals surface area contributed by atoms with E-state index >= 15 is 0 Å². The van der Waals surface area contributed by atoms with Gasteiger partial charge < -0.3 is 15.7 Å². The summed E-state index contributed by atoms with van der Waals surface area (Å²) in [5.41, 5.74) is 0.292. The Morgan fingerprint density at radius 3 is 2.81 bits per heavy atom. The van der Waals surface area contributed by atoms with Crippen LogP contribution in [0.4, 0.5) is 14.9 Å². The Hall–Kier alpha value is -1.73. The van der Waals surface area contributed by atoms with Gasteiger partial charge in [0.05, 0.1) is 15.7 Å². The highest BCUT2D eigenvalue weighted by atomic mass is 32.2. The monoisotopic (exact) mass is 312 g/mol. The van der Waals surface area contributed by atoms with Crippen molar-refractivity contribution in [3.05, 3.63) is 36.2 Å². The maximum absolute atomic E-state index is 13.6. The molecule has 0 spiro atoms. The number of aliphatic hydroxyl groups excluding tert-OH is 1. The van der Waals surface area contributed by atoms with Crippen molar-refractivity contribution in [1.82, 2.24) is 5.32 Å². The molecule has 0 fully saturated rings. The summed E-state index contributed by atoms with van der Waals surface area (Å²) in [5, 5.41) is 14.2. The third-order valence-electron chi connectivity index (χ3n) is 3.22. The third kappa shape index (κ3) is 4.12. The number of urea groups is 1. The Bertz CT molecular complexity index is 592. The minimum Gasteiger partial charge on any atom is -0.396 e. The highest BCUT2D eigenvalue weighted by Gasteiger charge is 2.19. The van der Waals surface area contributed by atoms with Gasteiger partial charge in [-0.1, -0.05) is 12.2 Å². The Balaban J connectivity index is 1.93. The van der Waals surface area contributed by atoms with Crippen LogP contribution in [-0.2, 0) is 10.8 Å². The molecule has 1 aromatic rings. The van der Waals surface area contributed by atoms with Crippen LogP contribution in [0.25, 0.3) is 0 Å². The topological polar surface area (TPSA) is 78.4 Å². The van der Waals surface area contributed by atoms with Crippen molar-refractivity contribution in [2.75, 3.05) is 18.2 Å². The zero-order valence-corrected chi connectivity index (χ0v) is 12.3. The van der Waals surface area contributed by atoms with Gasteiger partial charge in [0.1, 0.15) is 5.82 Å². The van der Waals surface area contributed by atoms with Crippen molar-refractivity contribution >= 4 is 22.5 Å². The number of halogens is 1. The van der Waals surface area contributed by atoms with Crippen LogP contribution >= 0.6 is 0 Å². The molecule has 114 valence electrons. The molecule has 0 aliphatic heterocycles. The van der Waals surface area contributed by atoms with Crippen LogP contribution in [0, 0.1) is 11.7 Å². The first-order valence-electron chi connectivity index (χ1n) is 6.49. The minimum atomic E-state index is -1.41. The maximum atomic E-state index is 13.6. The lowest BCUT2D eigenvalue weighted by atomic mass is 10.1. The van der Waals surface area contributed by atoms with Gasteiger partial charge >= 0.3 is 6.03 Å². The van der Waals surface area contributed by atoms with Gasteiger partial charge in [0.2, 0.25) is 0 Å². The number of nitrogens with one attached hydrogen (secondary N) is 2. The van der Waals surface area contributed by atoms with Crippen molar-refractivity contribution in [2.24, 2.45) is 5.92 Å². The van der Waals surface area contributed by atoms with Crippen LogP contribution in [0.5, 0.6) is 0 Å². The van der Waals surface area contributed by atoms with E-state index < -0.39 is 22.6 Å². The van der Waals surface area contributed by atoms with E-state index in [0.29, 0.717) is 12.1 Å². The van der Waals surface area contributed by atoms with E-state index in [2.05, 4.69) is 10.6 Å². The number of aliphatic hydroxyl groups is 1. The average Bonchev–Trinajstić information content (AvgIpc) is 2.85. The average molecular weight is 312 g/mol. The zero-order valence-electron chi connectivity index (χ0n) is 11.5. The van der Waals surface area contributed by atoms with E-state index in [0.717, 1.165) is 6.07 Å². The molecule has 3 atom stereocenters. The predicted octanol–water partition coefficient (Wildman–Crippen LogP) is 1.62. The minimum absolute atomic E-state index is 0.0527. The number of benzene rings is 1. The van der Waals surface area contributed by atoms with E-state index in [1.165, 1.54) is 18.4 Å². The second-order valence-corrected chi connectivity index (χ2v) is 6.22. The van der Waals surface area contributed by atoms with Crippen LogP contribution in [-0.4, -0.2) is 34.3 Å². The number of rotatable bonds is 4. The number of hydrogen-bond acceptors (Lipinski definition) is 3. The van der Waals surface area contributed by atoms with Crippen LogP contribution < -0.4 is 10.6 Å². The Kier molecular flexibility index (Phi) is 5.08. The van der Waals surface area contributed by atoms with Crippen LogP contribution in [0.3, 0.4) is 0 Å². The van der Waals surface area contributed by atoms with Crippen molar-refractivity contribution in [2.45, 2.75) is 17.4 Å². The number of carbonyl (C=O) groups excluding carboxylic acids is 1. The normalized spacial score (nSPS) is 22.0. The van der Waals surface area contributed by atoms with E-state index in [-0.39, 0.29) is 23.5 Å². The van der Waals surface area contributed by atoms with Crippen molar-refractivity contribution in [3.8, 4) is 0 Å². The van der Waals surface area contributed by atoms with Gasteiger partial charge in [-0.2, -0.15) is 0 Å². The molecule has 1 unspecified atom stereocenters. The van der Waals surface area contributed by atoms with E-state index in [1.807, 2.05) is 12.2 Å². The fraction of sp³-hybridized carbons (Fsp3) is 0.357. The number of carbonyl (C=O) groups is 1. The largest absolute Gasteiger partial charge is 0.396 e. The molecule has 0 aromatic heterocycles. The van der Waals surface area contributed by atoms with Gasteiger partial charge in [0.15, 0.2) is 0 Å². The summed E-state index contributed by atoms with van der Waals surface area (Å²) in [7, 11) is -1.41. The molecule has 0 heterocycles. The molecule has 2 amide bonds. The van der Waals surface area contributed by atoms with Gasteiger partial charge in [0.25, 0.3) is 0 Å². The highest BCUT2D eigenvalue weighted by molar-refractivity contribution is 7.84. The lowest BCUT2D eigenvalue weighted by Gasteiger charge is -2.14. The zero-order chi connectivity index (χ0) is 15.4. The molecule has 7 heteroatoms. The number of hydrogen-bond donors (Lipinski definition) is 3. The molecule has 0 saturated carbocycles. The molecule has 2 rings (SSSR count). The predicted molar refractivity (Wildman–Crippen MR) is 79.0 cm³/mol. The molecule has 5 nitrogen and oxygen atoms in total.